The molecule has 0 aliphatic heterocycles. The van der Waals surface area contributed by atoms with Gasteiger partial charge >= 0.3 is 10.7 Å². The lowest BCUT2D eigenvalue weighted by Crippen LogP contribution is -2.56. The average Bonchev–Trinajstić information content (AvgIpc) is 2.30. The number of nitrogens with zero attached hydrogens (tertiary/aromatic N) is 2. The number of hydrogen-bond acceptors (Lipinski definition) is 4. The molecule has 1 aromatic rings. The molecule has 0 saturated carbocycles. The zero-order valence-electron chi connectivity index (χ0n) is 6.62. The molecule has 0 amide bonds. The van der Waals surface area contributed by atoms with Crippen LogP contribution in [-0.4, -0.2) is 25.6 Å². The van der Waals surface area contributed by atoms with Crippen molar-refractivity contribution < 1.29 is 9.31 Å². The largest absolute Gasteiger partial charge is 0.444 e. The Bertz CT molecular complexity index is 290. The highest BCUT2D eigenvalue weighted by molar-refractivity contribution is 7.98. The van der Waals surface area contributed by atoms with Crippen LogP contribution in [0.1, 0.15) is 0 Å². The van der Waals surface area contributed by atoms with Gasteiger partial charge in [-0.3, -0.25) is 4.52 Å². The SMILES string of the molecule is CSc1c(=O)o[nH][n+]1N(C)C. The Morgan fingerprint density at radius 2 is 2.27 bits per heavy atom. The second-order valence-electron chi connectivity index (χ2n) is 2.15. The predicted octanol–water partition coefficient (Wildman–Crippen LogP) is -0.825. The van der Waals surface area contributed by atoms with Crippen LogP contribution >= 0.6 is 11.8 Å². The molecule has 0 aromatic carbocycles. The van der Waals surface area contributed by atoms with E-state index in [1.165, 1.54) is 16.6 Å². The molecule has 62 valence electrons. The van der Waals surface area contributed by atoms with Gasteiger partial charge in [0.15, 0.2) is 0 Å². The van der Waals surface area contributed by atoms with Gasteiger partial charge in [-0.2, -0.15) is 5.01 Å². The Hall–Kier alpha value is -0.910. The van der Waals surface area contributed by atoms with Crippen LogP contribution in [0.5, 0.6) is 0 Å². The van der Waals surface area contributed by atoms with Gasteiger partial charge in [-0.25, -0.2) is 4.79 Å². The molecule has 0 saturated heterocycles. The summed E-state index contributed by atoms with van der Waals surface area (Å²) in [6.45, 7) is 0. The molecule has 0 aliphatic carbocycles. The van der Waals surface area contributed by atoms with Crippen molar-refractivity contribution in [2.24, 2.45) is 0 Å². The highest BCUT2D eigenvalue weighted by Gasteiger charge is 2.21. The zero-order valence-corrected chi connectivity index (χ0v) is 7.44. The summed E-state index contributed by atoms with van der Waals surface area (Å²) in [4.78, 5) is 12.4. The molecule has 0 fully saturated rings. The van der Waals surface area contributed by atoms with E-state index < -0.39 is 0 Å². The third kappa shape index (κ3) is 1.40. The van der Waals surface area contributed by atoms with E-state index in [9.17, 15) is 4.79 Å². The molecule has 0 spiro atoms. The second kappa shape index (κ2) is 3.00. The summed E-state index contributed by atoms with van der Waals surface area (Å²) >= 11 is 1.34. The van der Waals surface area contributed by atoms with Crippen LogP contribution in [0, 0.1) is 0 Å². The van der Waals surface area contributed by atoms with Crippen LogP contribution in [-0.2, 0) is 0 Å². The quantitative estimate of drug-likeness (QED) is 0.472. The maximum atomic E-state index is 10.9. The fourth-order valence-corrected chi connectivity index (χ4v) is 1.27. The summed E-state index contributed by atoms with van der Waals surface area (Å²) < 4.78 is 4.57. The maximum Gasteiger partial charge on any atom is 0.444 e. The lowest BCUT2D eigenvalue weighted by molar-refractivity contribution is -0.784. The van der Waals surface area contributed by atoms with E-state index in [1.807, 2.05) is 20.4 Å². The van der Waals surface area contributed by atoms with Crippen molar-refractivity contribution in [3.8, 4) is 0 Å². The summed E-state index contributed by atoms with van der Waals surface area (Å²) in [7, 11) is 3.62. The number of aromatic nitrogens is 2. The fraction of sp³-hybridized carbons (Fsp3) is 0.600. The highest BCUT2D eigenvalue weighted by Crippen LogP contribution is 2.00. The molecule has 0 aliphatic rings. The standard InChI is InChI=1S/C5H9N3O2S/c1-7(2)8-4(11-3)5(9)10-6-8/h1-3H3/p+1. The van der Waals surface area contributed by atoms with E-state index in [2.05, 4.69) is 9.79 Å². The third-order valence-corrected chi connectivity index (χ3v) is 1.91. The van der Waals surface area contributed by atoms with Crippen molar-refractivity contribution in [2.75, 3.05) is 25.4 Å². The first-order valence-electron chi connectivity index (χ1n) is 3.02. The van der Waals surface area contributed by atoms with Gasteiger partial charge in [-0.15, -0.1) is 0 Å². The van der Waals surface area contributed by atoms with Gasteiger partial charge in [0, 0.05) is 5.27 Å². The van der Waals surface area contributed by atoms with E-state index >= 15 is 0 Å². The minimum Gasteiger partial charge on any atom is -0.280 e. The highest BCUT2D eigenvalue weighted by atomic mass is 32.2. The van der Waals surface area contributed by atoms with Gasteiger partial charge in [0.2, 0.25) is 0 Å². The van der Waals surface area contributed by atoms with Gasteiger partial charge in [0.25, 0.3) is 0 Å². The second-order valence-corrected chi connectivity index (χ2v) is 2.94. The minimum absolute atomic E-state index is 0.341. The number of aromatic amines is 1. The van der Waals surface area contributed by atoms with E-state index in [0.29, 0.717) is 5.03 Å². The number of nitrogens with one attached hydrogen (secondary N) is 1. The van der Waals surface area contributed by atoms with Crippen LogP contribution in [0.25, 0.3) is 0 Å². The summed E-state index contributed by atoms with van der Waals surface area (Å²) in [5.41, 5.74) is -0.341. The van der Waals surface area contributed by atoms with E-state index in [0.717, 1.165) is 0 Å². The topological polar surface area (TPSA) is 53.1 Å². The molecule has 11 heavy (non-hydrogen) atoms. The predicted molar refractivity (Wildman–Crippen MR) is 41.4 cm³/mol. The van der Waals surface area contributed by atoms with Gasteiger partial charge in [-0.1, -0.05) is 0 Å². The maximum absolute atomic E-state index is 10.9. The lowest BCUT2D eigenvalue weighted by Gasteiger charge is -1.98. The minimum atomic E-state index is -0.341. The van der Waals surface area contributed by atoms with Crippen molar-refractivity contribution >= 4 is 11.8 Å². The molecule has 0 bridgehead atoms. The number of hydrogen-bond donors (Lipinski definition) is 1. The smallest absolute Gasteiger partial charge is 0.280 e. The number of H-pyrrole nitrogens is 1. The zero-order chi connectivity index (χ0) is 8.43. The molecule has 1 heterocycles. The normalized spacial score (nSPS) is 10.1. The molecule has 1 N–H and O–H groups in total. The van der Waals surface area contributed by atoms with Gasteiger partial charge in [-0.05, 0) is 18.0 Å². The molecule has 5 nitrogen and oxygen atoms in total. The first kappa shape index (κ1) is 8.19. The molecule has 0 unspecified atom stereocenters. The lowest BCUT2D eigenvalue weighted by atomic mass is 10.9. The van der Waals surface area contributed by atoms with Crippen molar-refractivity contribution in [3.63, 3.8) is 0 Å². The van der Waals surface area contributed by atoms with E-state index in [1.54, 1.807) is 5.01 Å². The van der Waals surface area contributed by atoms with Crippen molar-refractivity contribution in [3.05, 3.63) is 10.4 Å². The molecule has 0 atom stereocenters. The first-order valence-corrected chi connectivity index (χ1v) is 4.24. The van der Waals surface area contributed by atoms with Gasteiger partial charge in [0.05, 0.1) is 18.9 Å². The number of rotatable bonds is 2. The van der Waals surface area contributed by atoms with Crippen molar-refractivity contribution in [1.29, 1.82) is 0 Å². The van der Waals surface area contributed by atoms with Crippen LogP contribution in [0.2, 0.25) is 0 Å². The van der Waals surface area contributed by atoms with Crippen LogP contribution in [0.3, 0.4) is 0 Å². The van der Waals surface area contributed by atoms with Crippen LogP contribution < -0.4 is 15.4 Å². The van der Waals surface area contributed by atoms with Crippen molar-refractivity contribution in [2.45, 2.75) is 5.03 Å². The third-order valence-electron chi connectivity index (χ3n) is 1.19. The monoisotopic (exact) mass is 176 g/mol. The van der Waals surface area contributed by atoms with Crippen molar-refractivity contribution in [1.82, 2.24) is 5.27 Å². The molecular formula is C5H10N3O2S+. The summed E-state index contributed by atoms with van der Waals surface area (Å²) in [5, 5.41) is 4.71. The Balaban J connectivity index is 3.16. The Morgan fingerprint density at radius 3 is 2.64 bits per heavy atom. The Labute approximate surface area is 67.9 Å². The Morgan fingerprint density at radius 1 is 1.64 bits per heavy atom. The average molecular weight is 176 g/mol. The molecule has 1 rings (SSSR count). The summed E-state index contributed by atoms with van der Waals surface area (Å²) in [5.74, 6) is 0. The summed E-state index contributed by atoms with van der Waals surface area (Å²) in [6, 6.07) is 0. The number of thioether (sulfide) groups is 1. The van der Waals surface area contributed by atoms with E-state index in [4.69, 9.17) is 0 Å². The summed E-state index contributed by atoms with van der Waals surface area (Å²) in [6.07, 6.45) is 1.82. The fourth-order valence-electron chi connectivity index (χ4n) is 0.689. The molecule has 6 heteroatoms. The van der Waals surface area contributed by atoms with Gasteiger partial charge in [0.1, 0.15) is 0 Å². The van der Waals surface area contributed by atoms with E-state index in [-0.39, 0.29) is 5.63 Å². The molecule has 0 radical (unpaired) electrons. The van der Waals surface area contributed by atoms with Gasteiger partial charge < -0.3 is 0 Å². The first-order chi connectivity index (χ1) is 5.16. The van der Waals surface area contributed by atoms with Crippen LogP contribution in [0.4, 0.5) is 0 Å². The Kier molecular flexibility index (Phi) is 2.23. The molecular weight excluding hydrogens is 166 g/mol. The molecule has 1 aromatic heterocycles. The van der Waals surface area contributed by atoms with Crippen LogP contribution in [0.15, 0.2) is 14.3 Å².